The van der Waals surface area contributed by atoms with E-state index in [9.17, 15) is 14.4 Å². The van der Waals surface area contributed by atoms with Gasteiger partial charge in [-0.1, -0.05) is 42.0 Å². The highest BCUT2D eigenvalue weighted by molar-refractivity contribution is 6.46. The van der Waals surface area contributed by atoms with E-state index < -0.39 is 11.8 Å². The Morgan fingerprint density at radius 2 is 1.52 bits per heavy atom. The third-order valence-electron chi connectivity index (χ3n) is 5.59. The Hall–Kier alpha value is -4.19. The molecule has 0 saturated carbocycles. The van der Waals surface area contributed by atoms with E-state index in [4.69, 9.17) is 0 Å². The predicted octanol–water partition coefficient (Wildman–Crippen LogP) is 4.97. The molecule has 0 bridgehead atoms. The molecule has 0 fully saturated rings. The van der Waals surface area contributed by atoms with Gasteiger partial charge in [-0.15, -0.1) is 0 Å². The van der Waals surface area contributed by atoms with Crippen LogP contribution in [0.1, 0.15) is 29.2 Å². The van der Waals surface area contributed by atoms with Crippen molar-refractivity contribution >= 4 is 40.4 Å². The molecule has 1 aliphatic rings. The highest BCUT2D eigenvalue weighted by Gasteiger charge is 2.40. The lowest BCUT2D eigenvalue weighted by atomic mass is 9.97. The number of nitrogens with one attached hydrogen (secondary N) is 2. The molecule has 0 radical (unpaired) electrons. The zero-order valence-corrected chi connectivity index (χ0v) is 19.0. The molecule has 0 saturated heterocycles. The first kappa shape index (κ1) is 22.0. The maximum atomic E-state index is 13.6. The number of para-hydroxylation sites is 1. The van der Waals surface area contributed by atoms with Gasteiger partial charge < -0.3 is 10.6 Å². The Balaban J connectivity index is 1.80. The van der Waals surface area contributed by atoms with Crippen molar-refractivity contribution in [2.24, 2.45) is 0 Å². The first-order valence-electron chi connectivity index (χ1n) is 10.7. The standard InChI is InChI=1S/C27H25N3O3/c1-16-9-14-22(18(3)15-16)24-25(29-23-8-6-5-7-17(23)2)27(33)30(26(24)32)21-12-10-20(11-13-21)28-19(4)31/h5-15,29H,1-4H3,(H,28,31). The number of imide groups is 1. The zero-order chi connectivity index (χ0) is 23.7. The summed E-state index contributed by atoms with van der Waals surface area (Å²) in [6.45, 7) is 7.29. The minimum absolute atomic E-state index is 0.195. The summed E-state index contributed by atoms with van der Waals surface area (Å²) in [7, 11) is 0. The van der Waals surface area contributed by atoms with Crippen LogP contribution in [0.15, 0.2) is 72.4 Å². The molecule has 0 spiro atoms. The van der Waals surface area contributed by atoms with Gasteiger partial charge in [-0.2, -0.15) is 0 Å². The summed E-state index contributed by atoms with van der Waals surface area (Å²) >= 11 is 0. The molecule has 3 aromatic rings. The molecule has 6 heteroatoms. The first-order chi connectivity index (χ1) is 15.8. The summed E-state index contributed by atoms with van der Waals surface area (Å²) in [5.74, 6) is -1.01. The normalized spacial score (nSPS) is 13.5. The molecule has 0 aromatic heterocycles. The largest absolute Gasteiger partial charge is 0.350 e. The molecular formula is C27H25N3O3. The van der Waals surface area contributed by atoms with Crippen LogP contribution in [0, 0.1) is 20.8 Å². The number of carbonyl (C=O) groups is 3. The number of rotatable bonds is 5. The van der Waals surface area contributed by atoms with E-state index in [1.165, 1.54) is 11.8 Å². The first-order valence-corrected chi connectivity index (χ1v) is 10.7. The molecule has 4 rings (SSSR count). The van der Waals surface area contributed by atoms with Crippen molar-refractivity contribution in [1.82, 2.24) is 0 Å². The number of carbonyl (C=O) groups excluding carboxylic acids is 3. The van der Waals surface area contributed by atoms with Gasteiger partial charge in [0.1, 0.15) is 5.70 Å². The van der Waals surface area contributed by atoms with Crippen molar-refractivity contribution in [2.45, 2.75) is 27.7 Å². The van der Waals surface area contributed by atoms with E-state index in [0.29, 0.717) is 22.5 Å². The molecule has 0 atom stereocenters. The van der Waals surface area contributed by atoms with Gasteiger partial charge in [0.15, 0.2) is 0 Å². The number of hydrogen-bond acceptors (Lipinski definition) is 4. The van der Waals surface area contributed by atoms with Crippen molar-refractivity contribution in [1.29, 1.82) is 0 Å². The fraction of sp³-hybridized carbons (Fsp3) is 0.148. The molecule has 3 aromatic carbocycles. The third kappa shape index (κ3) is 4.28. The van der Waals surface area contributed by atoms with E-state index in [2.05, 4.69) is 10.6 Å². The van der Waals surface area contributed by atoms with E-state index in [1.807, 2.05) is 63.2 Å². The van der Waals surface area contributed by atoms with Crippen molar-refractivity contribution in [2.75, 3.05) is 15.5 Å². The van der Waals surface area contributed by atoms with Crippen molar-refractivity contribution in [3.05, 3.63) is 94.7 Å². The average molecular weight is 440 g/mol. The number of amides is 3. The van der Waals surface area contributed by atoms with E-state index >= 15 is 0 Å². The van der Waals surface area contributed by atoms with Gasteiger partial charge in [-0.3, -0.25) is 14.4 Å². The number of hydrogen-bond donors (Lipinski definition) is 2. The number of aryl methyl sites for hydroxylation is 3. The topological polar surface area (TPSA) is 78.5 Å². The molecule has 6 nitrogen and oxygen atoms in total. The molecule has 166 valence electrons. The van der Waals surface area contributed by atoms with Crippen molar-refractivity contribution in [3.63, 3.8) is 0 Å². The van der Waals surface area contributed by atoms with E-state index in [1.54, 1.807) is 24.3 Å². The number of anilines is 3. The summed E-state index contributed by atoms with van der Waals surface area (Å²) in [5, 5.41) is 5.92. The summed E-state index contributed by atoms with van der Waals surface area (Å²) in [5.41, 5.74) is 6.04. The highest BCUT2D eigenvalue weighted by atomic mass is 16.2. The van der Waals surface area contributed by atoms with Crippen LogP contribution in [0.3, 0.4) is 0 Å². The van der Waals surface area contributed by atoms with Gasteiger partial charge in [0.2, 0.25) is 5.91 Å². The second kappa shape index (κ2) is 8.74. The molecule has 1 aliphatic heterocycles. The maximum Gasteiger partial charge on any atom is 0.282 e. The molecular weight excluding hydrogens is 414 g/mol. The second-order valence-electron chi connectivity index (χ2n) is 8.18. The molecule has 0 unspecified atom stereocenters. The number of nitrogens with zero attached hydrogens (tertiary/aromatic N) is 1. The van der Waals surface area contributed by atoms with Crippen LogP contribution in [-0.2, 0) is 14.4 Å². The average Bonchev–Trinajstić information content (AvgIpc) is 3.00. The summed E-state index contributed by atoms with van der Waals surface area (Å²) in [6.07, 6.45) is 0. The zero-order valence-electron chi connectivity index (χ0n) is 19.0. The Morgan fingerprint density at radius 3 is 2.15 bits per heavy atom. The van der Waals surface area contributed by atoms with E-state index in [-0.39, 0.29) is 11.6 Å². The van der Waals surface area contributed by atoms with Crippen LogP contribution in [0.5, 0.6) is 0 Å². The van der Waals surface area contributed by atoms with Crippen LogP contribution in [0.25, 0.3) is 5.57 Å². The lowest BCUT2D eigenvalue weighted by molar-refractivity contribution is -0.120. The quantitative estimate of drug-likeness (QED) is 0.551. The number of benzene rings is 3. The fourth-order valence-electron chi connectivity index (χ4n) is 3.97. The van der Waals surface area contributed by atoms with Gasteiger partial charge in [0.05, 0.1) is 11.3 Å². The summed E-state index contributed by atoms with van der Waals surface area (Å²) in [6, 6.07) is 20.1. The maximum absolute atomic E-state index is 13.6. The molecule has 33 heavy (non-hydrogen) atoms. The van der Waals surface area contributed by atoms with E-state index in [0.717, 1.165) is 22.4 Å². The monoisotopic (exact) mass is 439 g/mol. The highest BCUT2D eigenvalue weighted by Crippen LogP contribution is 2.36. The Bertz CT molecular complexity index is 1310. The fourth-order valence-corrected chi connectivity index (χ4v) is 3.97. The van der Waals surface area contributed by atoms with Crippen LogP contribution in [0.2, 0.25) is 0 Å². The lowest BCUT2D eigenvalue weighted by Gasteiger charge is -2.16. The Morgan fingerprint density at radius 1 is 0.818 bits per heavy atom. The van der Waals surface area contributed by atoms with Crippen LogP contribution < -0.4 is 15.5 Å². The minimum atomic E-state index is -0.425. The van der Waals surface area contributed by atoms with Crippen molar-refractivity contribution < 1.29 is 14.4 Å². The van der Waals surface area contributed by atoms with Crippen LogP contribution >= 0.6 is 0 Å². The third-order valence-corrected chi connectivity index (χ3v) is 5.59. The minimum Gasteiger partial charge on any atom is -0.350 e. The lowest BCUT2D eigenvalue weighted by Crippen LogP contribution is -2.32. The van der Waals surface area contributed by atoms with Crippen LogP contribution in [0.4, 0.5) is 17.1 Å². The second-order valence-corrected chi connectivity index (χ2v) is 8.18. The molecule has 1 heterocycles. The van der Waals surface area contributed by atoms with Gasteiger partial charge in [-0.05, 0) is 67.8 Å². The molecule has 0 aliphatic carbocycles. The van der Waals surface area contributed by atoms with Gasteiger partial charge in [0.25, 0.3) is 11.8 Å². The molecule has 2 N–H and O–H groups in total. The van der Waals surface area contributed by atoms with Gasteiger partial charge in [-0.25, -0.2) is 4.90 Å². The Labute approximate surface area is 192 Å². The Kier molecular flexibility index (Phi) is 5.84. The summed E-state index contributed by atoms with van der Waals surface area (Å²) in [4.78, 5) is 39.7. The molecule has 3 amide bonds. The van der Waals surface area contributed by atoms with Gasteiger partial charge >= 0.3 is 0 Å². The van der Waals surface area contributed by atoms with Crippen molar-refractivity contribution in [3.8, 4) is 0 Å². The van der Waals surface area contributed by atoms with Gasteiger partial charge in [0, 0.05) is 18.3 Å². The van der Waals surface area contributed by atoms with Crippen LogP contribution in [-0.4, -0.2) is 17.7 Å². The smallest absolute Gasteiger partial charge is 0.282 e. The SMILES string of the molecule is CC(=O)Nc1ccc(N2C(=O)C(Nc3ccccc3C)=C(c3ccc(C)cc3C)C2=O)cc1. The predicted molar refractivity (Wildman–Crippen MR) is 131 cm³/mol. The summed E-state index contributed by atoms with van der Waals surface area (Å²) < 4.78 is 0.